The average Bonchev–Trinajstić information content (AvgIpc) is 2.69. The summed E-state index contributed by atoms with van der Waals surface area (Å²) in [5.74, 6) is 1.04. The molecule has 0 aromatic rings. The summed E-state index contributed by atoms with van der Waals surface area (Å²) in [6.45, 7) is 11.7. The lowest BCUT2D eigenvalue weighted by molar-refractivity contribution is -0.219. The number of hydrogen-bond acceptors (Lipinski definition) is 4. The van der Waals surface area contributed by atoms with Crippen LogP contribution in [-0.2, 0) is 9.53 Å². The summed E-state index contributed by atoms with van der Waals surface area (Å²) < 4.78 is 6.05. The summed E-state index contributed by atoms with van der Waals surface area (Å²) in [5.41, 5.74) is 1.14. The first kappa shape index (κ1) is 19.8. The first-order valence-corrected chi connectivity index (χ1v) is 11.9. The van der Waals surface area contributed by atoms with Gasteiger partial charge in [-0.1, -0.05) is 33.8 Å². The van der Waals surface area contributed by atoms with Gasteiger partial charge in [0.2, 0.25) is 0 Å². The van der Waals surface area contributed by atoms with E-state index < -0.39 is 6.10 Å². The average molecular weight is 400 g/mol. The highest BCUT2D eigenvalue weighted by molar-refractivity contribution is 5.72. The standard InChI is InChI=1S/C25H37NO3/c1-5-15(2)22(28)29-18-12-24-10-7-19-23(4)8-6-9-25(19,14-26-13-23)20(24)11-17(18)16(3)21(24)27/h14-15,17-21,27H,3,5-13H2,1-2,4H3/t15?,17-,18+,19+,20?,21+,23+,24+,25-/m0/s1. The zero-order valence-corrected chi connectivity index (χ0v) is 18.3. The van der Waals surface area contributed by atoms with E-state index in [9.17, 15) is 9.90 Å². The largest absolute Gasteiger partial charge is 0.462 e. The molecule has 1 aliphatic heterocycles. The van der Waals surface area contributed by atoms with Gasteiger partial charge < -0.3 is 9.84 Å². The Kier molecular flexibility index (Phi) is 4.38. The lowest BCUT2D eigenvalue weighted by atomic mass is 9.35. The molecule has 4 bridgehead atoms. The molecule has 4 heteroatoms. The second-order valence-electron chi connectivity index (χ2n) is 11.3. The Morgan fingerprint density at radius 1 is 1.38 bits per heavy atom. The van der Waals surface area contributed by atoms with Gasteiger partial charge in [0.1, 0.15) is 6.10 Å². The Balaban J connectivity index is 1.51. The minimum atomic E-state index is -0.469. The maximum Gasteiger partial charge on any atom is 0.308 e. The van der Waals surface area contributed by atoms with Crippen LogP contribution < -0.4 is 0 Å². The van der Waals surface area contributed by atoms with Crippen molar-refractivity contribution < 1.29 is 14.6 Å². The molecule has 4 nitrogen and oxygen atoms in total. The SMILES string of the molecule is C=C1[C@@H](O)[C@@]23CC[C@@H]4[C@]5(C)CCC[C@@]4(C=NC5)C2C[C@@H]1[C@H](OC(=O)C(C)CC)C3. The van der Waals surface area contributed by atoms with Crippen molar-refractivity contribution in [2.24, 2.45) is 44.9 Å². The molecule has 1 heterocycles. The summed E-state index contributed by atoms with van der Waals surface area (Å²) >= 11 is 0. The smallest absolute Gasteiger partial charge is 0.308 e. The molecule has 0 radical (unpaired) electrons. The fraction of sp³-hybridized carbons (Fsp3) is 0.840. The number of aliphatic imine (C=N–C) groups is 1. The zero-order chi connectivity index (χ0) is 20.6. The number of nitrogens with zero attached hydrogens (tertiary/aromatic N) is 1. The lowest BCUT2D eigenvalue weighted by Crippen LogP contribution is -2.69. The van der Waals surface area contributed by atoms with E-state index in [4.69, 9.17) is 9.73 Å². The van der Waals surface area contributed by atoms with Gasteiger partial charge in [-0.2, -0.15) is 0 Å². The molecule has 6 rings (SSSR count). The summed E-state index contributed by atoms with van der Waals surface area (Å²) in [7, 11) is 0. The normalized spacial score (nSPS) is 51.2. The van der Waals surface area contributed by atoms with Crippen molar-refractivity contribution in [1.29, 1.82) is 0 Å². The van der Waals surface area contributed by atoms with Crippen LogP contribution in [0.5, 0.6) is 0 Å². The van der Waals surface area contributed by atoms with Crippen molar-refractivity contribution in [2.75, 3.05) is 6.54 Å². The quantitative estimate of drug-likeness (QED) is 0.559. The molecule has 2 unspecified atom stereocenters. The van der Waals surface area contributed by atoms with Gasteiger partial charge in [-0.05, 0) is 67.8 Å². The Morgan fingerprint density at radius 2 is 2.17 bits per heavy atom. The first-order chi connectivity index (χ1) is 13.8. The van der Waals surface area contributed by atoms with E-state index in [2.05, 4.69) is 19.7 Å². The molecule has 6 aliphatic rings. The Labute approximate surface area is 175 Å². The molecular formula is C25H37NO3. The van der Waals surface area contributed by atoms with Gasteiger partial charge in [0.15, 0.2) is 0 Å². The second-order valence-corrected chi connectivity index (χ2v) is 11.3. The van der Waals surface area contributed by atoms with E-state index in [1.54, 1.807) is 0 Å². The van der Waals surface area contributed by atoms with E-state index in [-0.39, 0.29) is 34.7 Å². The van der Waals surface area contributed by atoms with Gasteiger partial charge in [0.05, 0.1) is 12.0 Å². The number of carbonyl (C=O) groups excluding carboxylic acids is 1. The van der Waals surface area contributed by atoms with Gasteiger partial charge in [0, 0.05) is 29.5 Å². The van der Waals surface area contributed by atoms with Gasteiger partial charge in [0.25, 0.3) is 0 Å². The van der Waals surface area contributed by atoms with Gasteiger partial charge >= 0.3 is 5.97 Å². The minimum absolute atomic E-state index is 0.0687. The monoisotopic (exact) mass is 399 g/mol. The van der Waals surface area contributed by atoms with Crippen LogP contribution in [0.4, 0.5) is 0 Å². The van der Waals surface area contributed by atoms with Crippen LogP contribution in [0.3, 0.4) is 0 Å². The second kappa shape index (κ2) is 6.42. The number of esters is 1. The highest BCUT2D eigenvalue weighted by Gasteiger charge is 2.70. The molecule has 5 fully saturated rings. The number of carbonyl (C=O) groups is 1. The van der Waals surface area contributed by atoms with E-state index in [1.807, 2.05) is 13.8 Å². The fourth-order valence-corrected chi connectivity index (χ4v) is 8.39. The Bertz CT molecular complexity index is 761. The van der Waals surface area contributed by atoms with Crippen molar-refractivity contribution in [3.05, 3.63) is 12.2 Å². The molecule has 160 valence electrons. The summed E-state index contributed by atoms with van der Waals surface area (Å²) in [6.07, 6.45) is 10.2. The van der Waals surface area contributed by atoms with Crippen molar-refractivity contribution in [1.82, 2.24) is 0 Å². The van der Waals surface area contributed by atoms with Crippen LogP contribution >= 0.6 is 0 Å². The molecule has 0 amide bonds. The van der Waals surface area contributed by atoms with Crippen molar-refractivity contribution >= 4 is 12.2 Å². The number of rotatable bonds is 3. The molecule has 1 N–H and O–H groups in total. The number of ether oxygens (including phenoxy) is 1. The maximum absolute atomic E-state index is 12.6. The molecule has 0 aromatic carbocycles. The van der Waals surface area contributed by atoms with Gasteiger partial charge in [-0.25, -0.2) is 0 Å². The molecular weight excluding hydrogens is 362 g/mol. The van der Waals surface area contributed by atoms with Crippen LogP contribution in [-0.4, -0.2) is 36.0 Å². The Hall–Kier alpha value is -1.16. The van der Waals surface area contributed by atoms with Crippen LogP contribution in [0.15, 0.2) is 17.1 Å². The van der Waals surface area contributed by atoms with E-state index in [0.29, 0.717) is 17.3 Å². The summed E-state index contributed by atoms with van der Waals surface area (Å²) in [6, 6.07) is 0. The van der Waals surface area contributed by atoms with Crippen molar-refractivity contribution in [3.8, 4) is 0 Å². The predicted octanol–water partition coefficient (Wildman–Crippen LogP) is 4.56. The van der Waals surface area contributed by atoms with Crippen molar-refractivity contribution in [3.63, 3.8) is 0 Å². The van der Waals surface area contributed by atoms with Crippen LogP contribution in [0.25, 0.3) is 0 Å². The molecule has 9 atom stereocenters. The molecule has 1 spiro atoms. The van der Waals surface area contributed by atoms with Crippen LogP contribution in [0.1, 0.15) is 72.1 Å². The highest BCUT2D eigenvalue weighted by Crippen LogP contribution is 2.72. The summed E-state index contributed by atoms with van der Waals surface area (Å²) in [4.78, 5) is 17.5. The number of aliphatic hydroxyl groups is 1. The first-order valence-electron chi connectivity index (χ1n) is 11.9. The molecule has 5 saturated carbocycles. The fourth-order valence-electron chi connectivity index (χ4n) is 8.39. The van der Waals surface area contributed by atoms with E-state index in [1.165, 1.54) is 19.3 Å². The Morgan fingerprint density at radius 3 is 2.93 bits per heavy atom. The van der Waals surface area contributed by atoms with Gasteiger partial charge in [-0.15, -0.1) is 0 Å². The van der Waals surface area contributed by atoms with Crippen molar-refractivity contribution in [2.45, 2.75) is 84.3 Å². The zero-order valence-electron chi connectivity index (χ0n) is 18.3. The number of aliphatic hydroxyl groups excluding tert-OH is 1. The predicted molar refractivity (Wildman–Crippen MR) is 114 cm³/mol. The topological polar surface area (TPSA) is 58.9 Å². The van der Waals surface area contributed by atoms with Crippen LogP contribution in [0, 0.1) is 39.9 Å². The maximum atomic E-state index is 12.6. The number of fused-ring (bicyclic) bond motifs is 2. The third kappa shape index (κ3) is 2.47. The molecule has 5 aliphatic carbocycles. The lowest BCUT2D eigenvalue weighted by Gasteiger charge is -2.70. The number of hydrogen-bond donors (Lipinski definition) is 1. The molecule has 0 saturated heterocycles. The minimum Gasteiger partial charge on any atom is -0.462 e. The third-order valence-corrected chi connectivity index (χ3v) is 10.0. The highest BCUT2D eigenvalue weighted by atomic mass is 16.5. The van der Waals surface area contributed by atoms with Gasteiger partial charge in [-0.3, -0.25) is 9.79 Å². The molecule has 29 heavy (non-hydrogen) atoms. The summed E-state index contributed by atoms with van der Waals surface area (Å²) in [5, 5.41) is 11.4. The molecule has 0 aromatic heterocycles. The van der Waals surface area contributed by atoms with E-state index >= 15 is 0 Å². The van der Waals surface area contributed by atoms with E-state index in [0.717, 1.165) is 44.2 Å². The van der Waals surface area contributed by atoms with Crippen LogP contribution in [0.2, 0.25) is 0 Å². The third-order valence-electron chi connectivity index (χ3n) is 10.0.